The van der Waals surface area contributed by atoms with E-state index >= 15 is 0 Å². The van der Waals surface area contributed by atoms with Crippen molar-refractivity contribution in [2.75, 3.05) is 25.0 Å². The van der Waals surface area contributed by atoms with Gasteiger partial charge in [0.05, 0.1) is 12.5 Å². The predicted octanol–water partition coefficient (Wildman–Crippen LogP) is 1.89. The number of nitrogens with zero attached hydrogens (tertiary/aromatic N) is 1. The summed E-state index contributed by atoms with van der Waals surface area (Å²) >= 11 is 0. The summed E-state index contributed by atoms with van der Waals surface area (Å²) < 4.78 is 0. The average molecular weight is 290 g/mol. The molecule has 5 heteroatoms. The smallest absolute Gasteiger partial charge is 0.308 e. The molecule has 1 amide bonds. The number of carbonyl (C=O) groups excluding carboxylic acids is 1. The minimum atomic E-state index is -0.778. The number of aliphatic carboxylic acids is 1. The third-order valence-corrected chi connectivity index (χ3v) is 4.16. The van der Waals surface area contributed by atoms with Gasteiger partial charge in [-0.25, -0.2) is 0 Å². The number of anilines is 1. The van der Waals surface area contributed by atoms with Crippen molar-refractivity contribution in [1.29, 1.82) is 0 Å². The molecule has 1 aromatic carbocycles. The highest BCUT2D eigenvalue weighted by atomic mass is 16.4. The minimum Gasteiger partial charge on any atom is -0.481 e. The molecule has 2 atom stereocenters. The zero-order chi connectivity index (χ0) is 15.6. The number of rotatable bonds is 4. The third-order valence-electron chi connectivity index (χ3n) is 4.16. The fraction of sp³-hybridized carbons (Fsp3) is 0.500. The van der Waals surface area contributed by atoms with Crippen LogP contribution >= 0.6 is 0 Å². The van der Waals surface area contributed by atoms with Crippen molar-refractivity contribution in [3.63, 3.8) is 0 Å². The Balaban J connectivity index is 1.90. The molecule has 0 saturated carbocycles. The van der Waals surface area contributed by atoms with E-state index in [-0.39, 0.29) is 24.3 Å². The van der Waals surface area contributed by atoms with Crippen LogP contribution in [0, 0.1) is 25.7 Å². The van der Waals surface area contributed by atoms with Crippen molar-refractivity contribution < 1.29 is 14.7 Å². The highest BCUT2D eigenvalue weighted by molar-refractivity contribution is 5.92. The quantitative estimate of drug-likeness (QED) is 0.888. The molecule has 21 heavy (non-hydrogen) atoms. The van der Waals surface area contributed by atoms with E-state index in [2.05, 4.69) is 5.32 Å². The number of hydrogen-bond donors (Lipinski definition) is 2. The predicted molar refractivity (Wildman–Crippen MR) is 81.3 cm³/mol. The van der Waals surface area contributed by atoms with Crippen LogP contribution in [-0.4, -0.2) is 41.5 Å². The highest BCUT2D eigenvalue weighted by Gasteiger charge is 2.35. The number of likely N-dealkylation sites (tertiary alicyclic amines) is 1. The summed E-state index contributed by atoms with van der Waals surface area (Å²) in [6, 6.07) is 5.80. The Hall–Kier alpha value is -1.88. The molecular formula is C16H22N2O3. The van der Waals surface area contributed by atoms with Crippen LogP contribution in [0.2, 0.25) is 0 Å². The van der Waals surface area contributed by atoms with E-state index < -0.39 is 5.97 Å². The Kier molecular flexibility index (Phi) is 4.63. The number of hydrogen-bond acceptors (Lipinski definition) is 3. The maximum atomic E-state index is 12.0. The van der Waals surface area contributed by atoms with Gasteiger partial charge in [-0.3, -0.25) is 14.5 Å². The molecule has 0 spiro atoms. The number of aryl methyl sites for hydroxylation is 2. The Morgan fingerprint density at radius 2 is 2.00 bits per heavy atom. The maximum Gasteiger partial charge on any atom is 0.308 e. The van der Waals surface area contributed by atoms with E-state index in [4.69, 9.17) is 5.11 Å². The first-order valence-electron chi connectivity index (χ1n) is 7.19. The lowest BCUT2D eigenvalue weighted by molar-refractivity contribution is -0.142. The minimum absolute atomic E-state index is 0.0805. The van der Waals surface area contributed by atoms with Gasteiger partial charge >= 0.3 is 5.97 Å². The Morgan fingerprint density at radius 1 is 1.29 bits per heavy atom. The summed E-state index contributed by atoms with van der Waals surface area (Å²) in [5.41, 5.74) is 3.10. The molecule has 0 radical (unpaired) electrons. The molecule has 1 aromatic rings. The van der Waals surface area contributed by atoms with Crippen molar-refractivity contribution in [1.82, 2.24) is 4.90 Å². The van der Waals surface area contributed by atoms with Crippen LogP contribution in [0.4, 0.5) is 5.69 Å². The van der Waals surface area contributed by atoms with Crippen molar-refractivity contribution in [2.45, 2.75) is 20.8 Å². The fourth-order valence-electron chi connectivity index (χ4n) is 2.74. The van der Waals surface area contributed by atoms with Crippen LogP contribution in [0.1, 0.15) is 18.1 Å². The lowest BCUT2D eigenvalue weighted by Crippen LogP contribution is -2.32. The molecule has 1 saturated heterocycles. The van der Waals surface area contributed by atoms with Gasteiger partial charge in [-0.15, -0.1) is 0 Å². The van der Waals surface area contributed by atoms with Gasteiger partial charge in [0.1, 0.15) is 0 Å². The van der Waals surface area contributed by atoms with Gasteiger partial charge in [-0.05, 0) is 43.0 Å². The summed E-state index contributed by atoms with van der Waals surface area (Å²) in [4.78, 5) is 25.0. The Bertz CT molecular complexity index is 556. The monoisotopic (exact) mass is 290 g/mol. The second-order valence-electron chi connectivity index (χ2n) is 5.96. The SMILES string of the molecule is Cc1ccc(NC(=O)CN2C[C@@H](C)[C@H](C(=O)O)C2)cc1C. The topological polar surface area (TPSA) is 69.6 Å². The average Bonchev–Trinajstić information content (AvgIpc) is 2.75. The molecular weight excluding hydrogens is 268 g/mol. The zero-order valence-electron chi connectivity index (χ0n) is 12.7. The first kappa shape index (κ1) is 15.5. The van der Waals surface area contributed by atoms with Crippen LogP contribution < -0.4 is 5.32 Å². The molecule has 0 bridgehead atoms. The van der Waals surface area contributed by atoms with Gasteiger partial charge < -0.3 is 10.4 Å². The molecule has 1 aliphatic rings. The van der Waals surface area contributed by atoms with Crippen LogP contribution in [0.5, 0.6) is 0 Å². The van der Waals surface area contributed by atoms with Crippen molar-refractivity contribution in [2.24, 2.45) is 11.8 Å². The summed E-state index contributed by atoms with van der Waals surface area (Å²) in [5, 5.41) is 12.0. The summed E-state index contributed by atoms with van der Waals surface area (Å²) in [6.45, 7) is 7.28. The van der Waals surface area contributed by atoms with Gasteiger partial charge in [0.2, 0.25) is 5.91 Å². The second-order valence-corrected chi connectivity index (χ2v) is 5.96. The number of benzene rings is 1. The molecule has 0 unspecified atom stereocenters. The van der Waals surface area contributed by atoms with E-state index in [1.807, 2.05) is 43.9 Å². The summed E-state index contributed by atoms with van der Waals surface area (Å²) in [5.74, 6) is -1.17. The van der Waals surface area contributed by atoms with Crippen molar-refractivity contribution in [3.8, 4) is 0 Å². The normalized spacial score (nSPS) is 22.2. The van der Waals surface area contributed by atoms with Crippen LogP contribution in [0.25, 0.3) is 0 Å². The van der Waals surface area contributed by atoms with Crippen LogP contribution in [-0.2, 0) is 9.59 Å². The van der Waals surface area contributed by atoms with E-state index in [9.17, 15) is 9.59 Å². The summed E-state index contributed by atoms with van der Waals surface area (Å²) in [7, 11) is 0. The largest absolute Gasteiger partial charge is 0.481 e. The Morgan fingerprint density at radius 3 is 2.57 bits per heavy atom. The van der Waals surface area contributed by atoms with Crippen molar-refractivity contribution in [3.05, 3.63) is 29.3 Å². The van der Waals surface area contributed by atoms with Crippen molar-refractivity contribution >= 4 is 17.6 Å². The van der Waals surface area contributed by atoms with Gasteiger partial charge in [0.25, 0.3) is 0 Å². The number of nitrogens with one attached hydrogen (secondary N) is 1. The molecule has 5 nitrogen and oxygen atoms in total. The van der Waals surface area contributed by atoms with Gasteiger partial charge in [-0.2, -0.15) is 0 Å². The standard InChI is InChI=1S/C16H22N2O3/c1-10-4-5-13(6-11(10)2)17-15(19)9-18-7-12(3)14(8-18)16(20)21/h4-6,12,14H,7-9H2,1-3H3,(H,17,19)(H,20,21)/t12-,14-/m1/s1. The number of amides is 1. The van der Waals surface area contributed by atoms with E-state index in [1.165, 1.54) is 5.56 Å². The second kappa shape index (κ2) is 6.26. The first-order valence-corrected chi connectivity index (χ1v) is 7.19. The van der Waals surface area contributed by atoms with E-state index in [0.29, 0.717) is 13.1 Å². The number of carboxylic acid groups (broad SMARTS) is 1. The van der Waals surface area contributed by atoms with Crippen LogP contribution in [0.3, 0.4) is 0 Å². The molecule has 1 fully saturated rings. The Labute approximate surface area is 125 Å². The van der Waals surface area contributed by atoms with Gasteiger partial charge in [-0.1, -0.05) is 13.0 Å². The molecule has 114 valence electrons. The number of carboxylic acids is 1. The lowest BCUT2D eigenvalue weighted by Gasteiger charge is -2.15. The molecule has 2 N–H and O–H groups in total. The van der Waals surface area contributed by atoms with Gasteiger partial charge in [0, 0.05) is 18.8 Å². The van der Waals surface area contributed by atoms with Gasteiger partial charge in [0.15, 0.2) is 0 Å². The molecule has 1 aliphatic heterocycles. The van der Waals surface area contributed by atoms with E-state index in [0.717, 1.165) is 11.3 Å². The highest BCUT2D eigenvalue weighted by Crippen LogP contribution is 2.23. The summed E-state index contributed by atoms with van der Waals surface area (Å²) in [6.07, 6.45) is 0. The maximum absolute atomic E-state index is 12.0. The zero-order valence-corrected chi connectivity index (χ0v) is 12.7. The molecule has 0 aliphatic carbocycles. The molecule has 2 rings (SSSR count). The first-order chi connectivity index (χ1) is 9.86. The fourth-order valence-corrected chi connectivity index (χ4v) is 2.74. The third kappa shape index (κ3) is 3.82. The lowest BCUT2D eigenvalue weighted by atomic mass is 9.99. The number of carbonyl (C=O) groups is 2. The molecule has 0 aromatic heterocycles. The molecule has 1 heterocycles. The van der Waals surface area contributed by atoms with E-state index in [1.54, 1.807) is 0 Å². The van der Waals surface area contributed by atoms with Crippen LogP contribution in [0.15, 0.2) is 18.2 Å².